The van der Waals surface area contributed by atoms with Gasteiger partial charge < -0.3 is 9.73 Å². The van der Waals surface area contributed by atoms with Gasteiger partial charge in [0.15, 0.2) is 5.76 Å². The highest BCUT2D eigenvalue weighted by atomic mass is 79.9. The van der Waals surface area contributed by atoms with Gasteiger partial charge in [-0.3, -0.25) is 4.79 Å². The minimum absolute atomic E-state index is 0.140. The summed E-state index contributed by atoms with van der Waals surface area (Å²) < 4.78 is 5.53. The topological polar surface area (TPSA) is 42.2 Å². The first-order valence-corrected chi connectivity index (χ1v) is 7.22. The van der Waals surface area contributed by atoms with E-state index in [1.807, 2.05) is 24.3 Å². The molecule has 1 heterocycles. The molecule has 1 aromatic heterocycles. The Morgan fingerprint density at radius 3 is 2.89 bits per heavy atom. The molecule has 0 bridgehead atoms. The van der Waals surface area contributed by atoms with Crippen LogP contribution < -0.4 is 5.32 Å². The summed E-state index contributed by atoms with van der Waals surface area (Å²) in [5.74, 6) is 0.239. The van der Waals surface area contributed by atoms with E-state index in [-0.39, 0.29) is 11.9 Å². The average molecular weight is 310 g/mol. The molecule has 0 saturated heterocycles. The number of carbonyl (C=O) groups is 1. The van der Waals surface area contributed by atoms with Crippen LogP contribution in [0.1, 0.15) is 30.3 Å². The number of amides is 1. The van der Waals surface area contributed by atoms with E-state index >= 15 is 0 Å². The number of para-hydroxylation sites is 1. The fraction of sp³-hybridized carbons (Fsp3) is 0.357. The first kappa shape index (κ1) is 13.1. The Morgan fingerprint density at radius 2 is 2.22 bits per heavy atom. The molecule has 1 aromatic carbocycles. The Labute approximate surface area is 115 Å². The van der Waals surface area contributed by atoms with E-state index in [2.05, 4.69) is 28.2 Å². The summed E-state index contributed by atoms with van der Waals surface area (Å²) in [6.07, 6.45) is 1.83. The zero-order valence-electron chi connectivity index (χ0n) is 10.3. The maximum Gasteiger partial charge on any atom is 0.287 e. The fourth-order valence-corrected chi connectivity index (χ4v) is 2.41. The highest BCUT2D eigenvalue weighted by Crippen LogP contribution is 2.18. The molecule has 0 aliphatic carbocycles. The third kappa shape index (κ3) is 2.93. The van der Waals surface area contributed by atoms with E-state index in [1.54, 1.807) is 6.07 Å². The summed E-state index contributed by atoms with van der Waals surface area (Å²) in [5, 5.41) is 4.82. The molecule has 2 rings (SSSR count). The van der Waals surface area contributed by atoms with Crippen LogP contribution in [0.4, 0.5) is 0 Å². The fourth-order valence-electron chi connectivity index (χ4n) is 1.86. The van der Waals surface area contributed by atoms with E-state index in [0.29, 0.717) is 5.76 Å². The molecular weight excluding hydrogens is 294 g/mol. The quantitative estimate of drug-likeness (QED) is 0.855. The number of carbonyl (C=O) groups excluding carboxylic acids is 1. The van der Waals surface area contributed by atoms with Crippen molar-refractivity contribution in [1.29, 1.82) is 0 Å². The molecule has 2 aromatic rings. The second-order valence-electron chi connectivity index (χ2n) is 4.20. The van der Waals surface area contributed by atoms with Gasteiger partial charge in [-0.2, -0.15) is 0 Å². The van der Waals surface area contributed by atoms with Crippen molar-refractivity contribution in [2.45, 2.75) is 25.8 Å². The van der Waals surface area contributed by atoms with Crippen LogP contribution in [0.15, 0.2) is 34.7 Å². The predicted octanol–water partition coefficient (Wildman–Crippen LogP) is 3.73. The highest BCUT2D eigenvalue weighted by Gasteiger charge is 2.15. The molecule has 0 saturated carbocycles. The van der Waals surface area contributed by atoms with E-state index in [9.17, 15) is 4.79 Å². The van der Waals surface area contributed by atoms with E-state index in [1.165, 1.54) is 0 Å². The maximum absolute atomic E-state index is 12.0. The van der Waals surface area contributed by atoms with Crippen molar-refractivity contribution >= 4 is 32.8 Å². The number of alkyl halides is 1. The first-order chi connectivity index (χ1) is 8.74. The molecule has 1 unspecified atom stereocenters. The number of hydrogen-bond donors (Lipinski definition) is 1. The van der Waals surface area contributed by atoms with Crippen LogP contribution in [0.25, 0.3) is 11.0 Å². The molecule has 0 aliphatic rings. The molecule has 4 heteroatoms. The van der Waals surface area contributed by atoms with Crippen LogP contribution in [-0.4, -0.2) is 17.3 Å². The van der Waals surface area contributed by atoms with Gasteiger partial charge in [0.2, 0.25) is 0 Å². The summed E-state index contributed by atoms with van der Waals surface area (Å²) in [5.41, 5.74) is 0.746. The molecule has 18 heavy (non-hydrogen) atoms. The van der Waals surface area contributed by atoms with Crippen LogP contribution in [-0.2, 0) is 0 Å². The number of furan rings is 1. The van der Waals surface area contributed by atoms with Gasteiger partial charge in [-0.1, -0.05) is 41.1 Å². The van der Waals surface area contributed by atoms with Gasteiger partial charge >= 0.3 is 0 Å². The SMILES string of the molecule is CCC(CCBr)NC(=O)c1cc2ccccc2o1. The molecule has 3 nitrogen and oxygen atoms in total. The Morgan fingerprint density at radius 1 is 1.44 bits per heavy atom. The monoisotopic (exact) mass is 309 g/mol. The summed E-state index contributed by atoms with van der Waals surface area (Å²) in [4.78, 5) is 12.0. The highest BCUT2D eigenvalue weighted by molar-refractivity contribution is 9.09. The maximum atomic E-state index is 12.0. The van der Waals surface area contributed by atoms with Crippen molar-refractivity contribution in [3.05, 3.63) is 36.1 Å². The Bertz CT molecular complexity index is 502. The third-order valence-corrected chi connectivity index (χ3v) is 3.39. The van der Waals surface area contributed by atoms with Gasteiger partial charge in [-0.05, 0) is 25.0 Å². The number of hydrogen-bond acceptors (Lipinski definition) is 2. The summed E-state index contributed by atoms with van der Waals surface area (Å²) in [7, 11) is 0. The molecule has 0 aliphatic heterocycles. The number of halogens is 1. The molecule has 1 amide bonds. The zero-order valence-corrected chi connectivity index (χ0v) is 11.9. The lowest BCUT2D eigenvalue weighted by Gasteiger charge is -2.14. The van der Waals surface area contributed by atoms with Crippen LogP contribution in [0.2, 0.25) is 0 Å². The number of fused-ring (bicyclic) bond motifs is 1. The smallest absolute Gasteiger partial charge is 0.287 e. The normalized spacial score (nSPS) is 12.6. The third-order valence-electron chi connectivity index (χ3n) is 2.93. The van der Waals surface area contributed by atoms with Gasteiger partial charge in [-0.15, -0.1) is 0 Å². The van der Waals surface area contributed by atoms with Gasteiger partial charge in [0, 0.05) is 16.8 Å². The van der Waals surface area contributed by atoms with Crippen molar-refractivity contribution in [2.24, 2.45) is 0 Å². The average Bonchev–Trinajstić information content (AvgIpc) is 2.82. The Hall–Kier alpha value is -1.29. The number of rotatable bonds is 5. The van der Waals surface area contributed by atoms with Gasteiger partial charge in [-0.25, -0.2) is 0 Å². The van der Waals surface area contributed by atoms with Crippen LogP contribution in [0.3, 0.4) is 0 Å². The van der Waals surface area contributed by atoms with Crippen molar-refractivity contribution < 1.29 is 9.21 Å². The Kier molecular flexibility index (Phi) is 4.42. The first-order valence-electron chi connectivity index (χ1n) is 6.10. The van der Waals surface area contributed by atoms with Gasteiger partial charge in [0.1, 0.15) is 5.58 Å². The molecule has 0 spiro atoms. The Balaban J connectivity index is 2.13. The van der Waals surface area contributed by atoms with E-state index < -0.39 is 0 Å². The second-order valence-corrected chi connectivity index (χ2v) is 5.00. The summed E-state index contributed by atoms with van der Waals surface area (Å²) >= 11 is 3.39. The van der Waals surface area contributed by atoms with Crippen molar-refractivity contribution in [3.63, 3.8) is 0 Å². The lowest BCUT2D eigenvalue weighted by atomic mass is 10.1. The minimum atomic E-state index is -0.140. The van der Waals surface area contributed by atoms with Gasteiger partial charge in [0.05, 0.1) is 0 Å². The summed E-state index contributed by atoms with van der Waals surface area (Å²) in [6, 6.07) is 9.59. The van der Waals surface area contributed by atoms with Crippen molar-refractivity contribution in [1.82, 2.24) is 5.32 Å². The van der Waals surface area contributed by atoms with E-state index in [4.69, 9.17) is 4.42 Å². The molecule has 0 radical (unpaired) electrons. The molecule has 0 fully saturated rings. The van der Waals surface area contributed by atoms with Crippen LogP contribution >= 0.6 is 15.9 Å². The predicted molar refractivity (Wildman–Crippen MR) is 76.2 cm³/mol. The molecule has 1 atom stereocenters. The van der Waals surface area contributed by atoms with Gasteiger partial charge in [0.25, 0.3) is 5.91 Å². The second kappa shape index (κ2) is 6.05. The largest absolute Gasteiger partial charge is 0.451 e. The standard InChI is InChI=1S/C14H16BrNO2/c1-2-11(7-8-15)16-14(17)13-9-10-5-3-4-6-12(10)18-13/h3-6,9,11H,2,7-8H2,1H3,(H,16,17). The molecule has 1 N–H and O–H groups in total. The zero-order chi connectivity index (χ0) is 13.0. The van der Waals surface area contributed by atoms with Crippen molar-refractivity contribution in [3.8, 4) is 0 Å². The molecule has 96 valence electrons. The summed E-state index contributed by atoms with van der Waals surface area (Å²) in [6.45, 7) is 2.06. The lowest BCUT2D eigenvalue weighted by Crippen LogP contribution is -2.34. The lowest BCUT2D eigenvalue weighted by molar-refractivity contribution is 0.0909. The van der Waals surface area contributed by atoms with Crippen LogP contribution in [0.5, 0.6) is 0 Å². The van der Waals surface area contributed by atoms with Crippen LogP contribution in [0, 0.1) is 0 Å². The molecular formula is C14H16BrNO2. The number of benzene rings is 1. The minimum Gasteiger partial charge on any atom is -0.451 e. The van der Waals surface area contributed by atoms with Crippen molar-refractivity contribution in [2.75, 3.05) is 5.33 Å². The number of nitrogens with one attached hydrogen (secondary N) is 1. The van der Waals surface area contributed by atoms with E-state index in [0.717, 1.165) is 29.1 Å².